The first kappa shape index (κ1) is 9.63. The van der Waals surface area contributed by atoms with Gasteiger partial charge in [0.1, 0.15) is 5.60 Å². The Hall–Kier alpha value is -0.380. The van der Waals surface area contributed by atoms with Crippen molar-refractivity contribution in [3.8, 4) is 0 Å². The number of hydrogen-bond acceptors (Lipinski definition) is 3. The number of hydrogen-bond donors (Lipinski definition) is 0. The molecule has 0 radical (unpaired) electrons. The average Bonchev–Trinajstić information content (AvgIpc) is 2.85. The molecule has 1 unspecified atom stereocenters. The van der Waals surface area contributed by atoms with Crippen molar-refractivity contribution in [3.63, 3.8) is 0 Å². The highest BCUT2D eigenvalue weighted by molar-refractivity contribution is 5.24. The Morgan fingerprint density at radius 3 is 3.25 bits per heavy atom. The normalized spacial score (nSPS) is 55.1. The molecule has 0 spiro atoms. The van der Waals surface area contributed by atoms with Gasteiger partial charge in [0.2, 0.25) is 0 Å². The fraction of sp³-hybridized carbons (Fsp3) is 0.846. The third-order valence-corrected chi connectivity index (χ3v) is 5.11. The minimum Gasteiger partial charge on any atom is -0.380 e. The maximum atomic E-state index is 6.29. The van der Waals surface area contributed by atoms with Crippen LogP contribution in [-0.4, -0.2) is 37.0 Å². The summed E-state index contributed by atoms with van der Waals surface area (Å²) >= 11 is 0. The van der Waals surface area contributed by atoms with Crippen LogP contribution in [-0.2, 0) is 9.57 Å². The molecule has 2 saturated heterocycles. The van der Waals surface area contributed by atoms with E-state index in [2.05, 4.69) is 24.3 Å². The molecule has 0 amide bonds. The lowest BCUT2D eigenvalue weighted by Gasteiger charge is -2.36. The predicted octanol–water partition coefficient (Wildman–Crippen LogP) is 1.60. The first-order valence-corrected chi connectivity index (χ1v) is 6.49. The van der Waals surface area contributed by atoms with Crippen molar-refractivity contribution in [3.05, 3.63) is 12.2 Å². The van der Waals surface area contributed by atoms with E-state index in [9.17, 15) is 0 Å². The minimum absolute atomic E-state index is 0.128. The molecule has 4 rings (SSSR count). The monoisotopic (exact) mass is 221 g/mol. The van der Waals surface area contributed by atoms with Crippen LogP contribution in [0.2, 0.25) is 0 Å². The summed E-state index contributed by atoms with van der Waals surface area (Å²) in [4.78, 5) is 6.29. The highest BCUT2D eigenvalue weighted by atomic mass is 16.7. The molecule has 5 atom stereocenters. The summed E-state index contributed by atoms with van der Waals surface area (Å²) in [5, 5.41) is 2.09. The van der Waals surface area contributed by atoms with Crippen molar-refractivity contribution < 1.29 is 9.57 Å². The lowest BCUT2D eigenvalue weighted by molar-refractivity contribution is -0.203. The van der Waals surface area contributed by atoms with E-state index in [4.69, 9.17) is 9.57 Å². The molecule has 3 nitrogen and oxygen atoms in total. The summed E-state index contributed by atoms with van der Waals surface area (Å²) in [6.45, 7) is 1.75. The van der Waals surface area contributed by atoms with Gasteiger partial charge in [-0.2, -0.15) is 5.06 Å². The quantitative estimate of drug-likeness (QED) is 0.580. The highest BCUT2D eigenvalue weighted by Gasteiger charge is 2.65. The van der Waals surface area contributed by atoms with Gasteiger partial charge in [-0.05, 0) is 25.2 Å². The van der Waals surface area contributed by atoms with E-state index < -0.39 is 0 Å². The SMILES string of the molecule is CN1O[C@]23CCCOCC1[C@@H]2[C@H]1C=C[C@@H]3C1. The van der Waals surface area contributed by atoms with Gasteiger partial charge < -0.3 is 4.74 Å². The Bertz CT molecular complexity index is 343. The first-order valence-electron chi connectivity index (χ1n) is 6.49. The standard InChI is InChI=1S/C13H19NO2/c1-14-11-8-15-6-2-5-13(16-14)10-4-3-9(7-10)12(11)13/h3-4,9-12H,2,5-8H2,1H3/t9-,10+,11?,12-,13-/m0/s1. The van der Waals surface area contributed by atoms with Crippen molar-refractivity contribution in [2.75, 3.05) is 20.3 Å². The fourth-order valence-electron chi connectivity index (χ4n) is 4.53. The van der Waals surface area contributed by atoms with E-state index in [1.54, 1.807) is 0 Å². The molecule has 2 aliphatic carbocycles. The van der Waals surface area contributed by atoms with Gasteiger partial charge in [-0.15, -0.1) is 0 Å². The molecule has 0 aromatic heterocycles. The van der Waals surface area contributed by atoms with Gasteiger partial charge in [-0.1, -0.05) is 12.2 Å². The predicted molar refractivity (Wildman–Crippen MR) is 59.6 cm³/mol. The van der Waals surface area contributed by atoms with Gasteiger partial charge in [-0.3, -0.25) is 4.84 Å². The van der Waals surface area contributed by atoms with Crippen LogP contribution in [0.25, 0.3) is 0 Å². The van der Waals surface area contributed by atoms with Gasteiger partial charge in [0.15, 0.2) is 0 Å². The zero-order valence-electron chi connectivity index (χ0n) is 9.76. The van der Waals surface area contributed by atoms with Crippen molar-refractivity contribution in [2.45, 2.75) is 30.9 Å². The highest BCUT2D eigenvalue weighted by Crippen LogP contribution is 2.60. The maximum Gasteiger partial charge on any atom is 0.101 e. The number of likely N-dealkylation sites (N-methyl/N-ethyl adjacent to an activating group) is 1. The summed E-state index contributed by atoms with van der Waals surface area (Å²) in [7, 11) is 2.08. The Labute approximate surface area is 96.3 Å². The first-order chi connectivity index (χ1) is 7.81. The topological polar surface area (TPSA) is 21.7 Å². The van der Waals surface area contributed by atoms with Gasteiger partial charge in [-0.25, -0.2) is 0 Å². The Morgan fingerprint density at radius 1 is 1.38 bits per heavy atom. The zero-order chi connectivity index (χ0) is 10.8. The van der Waals surface area contributed by atoms with Crippen molar-refractivity contribution in [2.24, 2.45) is 17.8 Å². The summed E-state index contributed by atoms with van der Waals surface area (Å²) in [5.41, 5.74) is 0.128. The van der Waals surface area contributed by atoms with E-state index in [0.717, 1.165) is 25.6 Å². The van der Waals surface area contributed by atoms with E-state index in [0.29, 0.717) is 17.9 Å². The molecule has 0 aromatic rings. The third kappa shape index (κ3) is 0.998. The number of fused-ring (bicyclic) bond motifs is 2. The van der Waals surface area contributed by atoms with Crippen molar-refractivity contribution in [1.82, 2.24) is 5.06 Å². The summed E-state index contributed by atoms with van der Waals surface area (Å²) in [6.07, 6.45) is 8.46. The Morgan fingerprint density at radius 2 is 2.31 bits per heavy atom. The van der Waals surface area contributed by atoms with Crippen LogP contribution in [0.4, 0.5) is 0 Å². The average molecular weight is 221 g/mol. The van der Waals surface area contributed by atoms with Crippen LogP contribution in [0.1, 0.15) is 19.3 Å². The number of ether oxygens (including phenoxy) is 1. The van der Waals surface area contributed by atoms with Crippen LogP contribution in [0.5, 0.6) is 0 Å². The largest absolute Gasteiger partial charge is 0.380 e. The number of nitrogens with zero attached hydrogens (tertiary/aromatic N) is 1. The molecule has 88 valence electrons. The smallest absolute Gasteiger partial charge is 0.101 e. The minimum atomic E-state index is 0.128. The van der Waals surface area contributed by atoms with Crippen LogP contribution in [0.15, 0.2) is 12.2 Å². The summed E-state index contributed by atoms with van der Waals surface area (Å²) in [5.74, 6) is 2.07. The molecule has 0 N–H and O–H groups in total. The molecular formula is C13H19NO2. The van der Waals surface area contributed by atoms with E-state index in [1.807, 2.05) is 0 Å². The van der Waals surface area contributed by atoms with Gasteiger partial charge in [0.25, 0.3) is 0 Å². The second-order valence-corrected chi connectivity index (χ2v) is 5.75. The molecule has 2 heterocycles. The number of allylic oxidation sites excluding steroid dienone is 1. The lowest BCUT2D eigenvalue weighted by Crippen LogP contribution is -2.44. The Kier molecular flexibility index (Phi) is 1.86. The zero-order valence-corrected chi connectivity index (χ0v) is 9.76. The second kappa shape index (κ2) is 3.09. The van der Waals surface area contributed by atoms with Gasteiger partial charge >= 0.3 is 0 Å². The van der Waals surface area contributed by atoms with Gasteiger partial charge in [0, 0.05) is 25.5 Å². The molecular weight excluding hydrogens is 202 g/mol. The number of hydroxylamine groups is 2. The summed E-state index contributed by atoms with van der Waals surface area (Å²) in [6, 6.07) is 0.472. The lowest BCUT2D eigenvalue weighted by atomic mass is 9.73. The molecule has 3 fully saturated rings. The van der Waals surface area contributed by atoms with Crippen LogP contribution in [0, 0.1) is 17.8 Å². The Balaban J connectivity index is 1.79. The maximum absolute atomic E-state index is 6.29. The molecule has 1 saturated carbocycles. The molecule has 2 aliphatic heterocycles. The van der Waals surface area contributed by atoms with Crippen LogP contribution < -0.4 is 0 Å². The van der Waals surface area contributed by atoms with Crippen molar-refractivity contribution in [1.29, 1.82) is 0 Å². The molecule has 4 bridgehead atoms. The van der Waals surface area contributed by atoms with Crippen molar-refractivity contribution >= 4 is 0 Å². The summed E-state index contributed by atoms with van der Waals surface area (Å²) < 4.78 is 5.74. The van der Waals surface area contributed by atoms with E-state index >= 15 is 0 Å². The molecule has 3 heteroatoms. The molecule has 16 heavy (non-hydrogen) atoms. The van der Waals surface area contributed by atoms with E-state index in [1.165, 1.54) is 12.8 Å². The van der Waals surface area contributed by atoms with Gasteiger partial charge in [0.05, 0.1) is 12.6 Å². The van der Waals surface area contributed by atoms with Crippen LogP contribution in [0.3, 0.4) is 0 Å². The number of rotatable bonds is 0. The van der Waals surface area contributed by atoms with Crippen LogP contribution >= 0.6 is 0 Å². The fourth-order valence-corrected chi connectivity index (χ4v) is 4.53. The van der Waals surface area contributed by atoms with E-state index in [-0.39, 0.29) is 5.60 Å². The molecule has 0 aromatic carbocycles. The second-order valence-electron chi connectivity index (χ2n) is 5.75. The third-order valence-electron chi connectivity index (χ3n) is 5.11. The molecule has 4 aliphatic rings.